The number of halogens is 3. The summed E-state index contributed by atoms with van der Waals surface area (Å²) in [7, 11) is -2.63. The van der Waals surface area contributed by atoms with E-state index in [0.29, 0.717) is 5.02 Å². The van der Waals surface area contributed by atoms with Gasteiger partial charge in [-0.3, -0.25) is 4.79 Å². The summed E-state index contributed by atoms with van der Waals surface area (Å²) >= 11 is 5.72. The summed E-state index contributed by atoms with van der Waals surface area (Å²) in [6.45, 7) is -0.486. The Kier molecular flexibility index (Phi) is 6.41. The molecule has 0 heterocycles. The zero-order valence-corrected chi connectivity index (χ0v) is 15.1. The van der Waals surface area contributed by atoms with Crippen LogP contribution in [0.5, 0.6) is 0 Å². The normalized spacial score (nSPS) is 11.9. The molecule has 0 atom stereocenters. The minimum absolute atomic E-state index is 0.0116. The first-order valence-corrected chi connectivity index (χ1v) is 9.01. The third kappa shape index (κ3) is 5.07. The fraction of sp³-hybridized carbons (Fsp3) is 0.125. The second-order valence-corrected chi connectivity index (χ2v) is 7.66. The Morgan fingerprint density at radius 3 is 2.46 bits per heavy atom. The average Bonchev–Trinajstić information content (AvgIpc) is 2.58. The summed E-state index contributed by atoms with van der Waals surface area (Å²) in [5.74, 6) is -2.75. The summed E-state index contributed by atoms with van der Waals surface area (Å²) in [5.41, 5.74) is 2.34. The van der Waals surface area contributed by atoms with Crippen LogP contribution in [0.25, 0.3) is 0 Å². The molecule has 26 heavy (non-hydrogen) atoms. The van der Waals surface area contributed by atoms with E-state index in [1.165, 1.54) is 37.4 Å². The van der Waals surface area contributed by atoms with E-state index in [-0.39, 0.29) is 10.5 Å². The number of hydrogen-bond acceptors (Lipinski definition) is 4. The van der Waals surface area contributed by atoms with Crippen molar-refractivity contribution in [3.05, 3.63) is 64.7 Å². The molecule has 0 aliphatic rings. The average molecular weight is 402 g/mol. The number of rotatable bonds is 6. The molecule has 0 fully saturated rings. The molecule has 0 saturated heterocycles. The Balaban J connectivity index is 1.97. The van der Waals surface area contributed by atoms with Gasteiger partial charge in [0.05, 0.1) is 17.7 Å². The van der Waals surface area contributed by atoms with Crippen molar-refractivity contribution in [1.29, 1.82) is 0 Å². The summed E-state index contributed by atoms with van der Waals surface area (Å²) in [6, 6.07) is 8.60. The molecule has 0 saturated carbocycles. The van der Waals surface area contributed by atoms with Crippen LogP contribution in [0.2, 0.25) is 5.02 Å². The third-order valence-electron chi connectivity index (χ3n) is 3.23. The van der Waals surface area contributed by atoms with Crippen molar-refractivity contribution >= 4 is 33.7 Å². The SMILES string of the molecule is CN(CC(=O)N/N=C\c1ccc(F)c(F)c1)S(=O)(=O)c1ccc(Cl)cc1. The maximum Gasteiger partial charge on any atom is 0.255 e. The van der Waals surface area contributed by atoms with Crippen molar-refractivity contribution in [3.63, 3.8) is 0 Å². The minimum atomic E-state index is -3.87. The number of hydrazone groups is 1. The fourth-order valence-electron chi connectivity index (χ4n) is 1.88. The second kappa shape index (κ2) is 8.35. The van der Waals surface area contributed by atoms with Gasteiger partial charge in [0.2, 0.25) is 10.0 Å². The van der Waals surface area contributed by atoms with Gasteiger partial charge in [0, 0.05) is 12.1 Å². The number of sulfonamides is 1. The number of nitrogens with one attached hydrogen (secondary N) is 1. The number of amides is 1. The lowest BCUT2D eigenvalue weighted by molar-refractivity contribution is -0.121. The van der Waals surface area contributed by atoms with Gasteiger partial charge in [-0.25, -0.2) is 22.6 Å². The highest BCUT2D eigenvalue weighted by Gasteiger charge is 2.22. The predicted molar refractivity (Wildman–Crippen MR) is 93.4 cm³/mol. The summed E-state index contributed by atoms with van der Waals surface area (Å²) in [5, 5.41) is 3.96. The number of likely N-dealkylation sites (N-methyl/N-ethyl adjacent to an activating group) is 1. The van der Waals surface area contributed by atoms with E-state index in [1.54, 1.807) is 0 Å². The van der Waals surface area contributed by atoms with Crippen LogP contribution in [-0.2, 0) is 14.8 Å². The fourth-order valence-corrected chi connectivity index (χ4v) is 3.13. The molecule has 2 rings (SSSR count). The number of benzene rings is 2. The van der Waals surface area contributed by atoms with Gasteiger partial charge in [0.1, 0.15) is 0 Å². The van der Waals surface area contributed by atoms with Gasteiger partial charge >= 0.3 is 0 Å². The molecule has 1 N–H and O–H groups in total. The van der Waals surface area contributed by atoms with E-state index >= 15 is 0 Å². The molecule has 1 amide bonds. The van der Waals surface area contributed by atoms with Crippen molar-refractivity contribution in [2.75, 3.05) is 13.6 Å². The van der Waals surface area contributed by atoms with Crippen LogP contribution in [-0.4, -0.2) is 38.4 Å². The van der Waals surface area contributed by atoms with Gasteiger partial charge in [-0.2, -0.15) is 9.41 Å². The molecule has 0 aromatic heterocycles. The molecule has 138 valence electrons. The first-order chi connectivity index (χ1) is 12.2. The Bertz CT molecular complexity index is 934. The van der Waals surface area contributed by atoms with Gasteiger partial charge in [0.25, 0.3) is 5.91 Å². The molecular weight excluding hydrogens is 388 g/mol. The number of nitrogens with zero attached hydrogens (tertiary/aromatic N) is 2. The van der Waals surface area contributed by atoms with Gasteiger partial charge in [-0.1, -0.05) is 17.7 Å². The van der Waals surface area contributed by atoms with Crippen molar-refractivity contribution in [1.82, 2.24) is 9.73 Å². The number of hydrogen-bond donors (Lipinski definition) is 1. The largest absolute Gasteiger partial charge is 0.272 e. The highest BCUT2D eigenvalue weighted by molar-refractivity contribution is 7.89. The Labute approximate surface area is 154 Å². The maximum absolute atomic E-state index is 13.0. The topological polar surface area (TPSA) is 78.8 Å². The lowest BCUT2D eigenvalue weighted by Crippen LogP contribution is -2.36. The van der Waals surface area contributed by atoms with E-state index in [0.717, 1.165) is 22.7 Å². The van der Waals surface area contributed by atoms with Crippen molar-refractivity contribution < 1.29 is 22.0 Å². The van der Waals surface area contributed by atoms with E-state index < -0.39 is 34.1 Å². The molecule has 6 nitrogen and oxygen atoms in total. The molecule has 0 aliphatic heterocycles. The van der Waals surface area contributed by atoms with E-state index in [1.807, 2.05) is 0 Å². The van der Waals surface area contributed by atoms with Crippen LogP contribution >= 0.6 is 11.6 Å². The highest BCUT2D eigenvalue weighted by atomic mass is 35.5. The monoisotopic (exact) mass is 401 g/mol. The zero-order valence-electron chi connectivity index (χ0n) is 13.5. The van der Waals surface area contributed by atoms with Gasteiger partial charge in [-0.15, -0.1) is 0 Å². The molecule has 10 heteroatoms. The van der Waals surface area contributed by atoms with Crippen molar-refractivity contribution in [2.45, 2.75) is 4.90 Å². The Morgan fingerprint density at radius 2 is 1.85 bits per heavy atom. The van der Waals surface area contributed by atoms with Crippen LogP contribution in [0.4, 0.5) is 8.78 Å². The van der Waals surface area contributed by atoms with Crippen LogP contribution in [0, 0.1) is 11.6 Å². The van der Waals surface area contributed by atoms with Gasteiger partial charge in [-0.05, 0) is 42.0 Å². The summed E-state index contributed by atoms with van der Waals surface area (Å²) in [6.07, 6.45) is 1.11. The summed E-state index contributed by atoms with van der Waals surface area (Å²) in [4.78, 5) is 11.8. The predicted octanol–water partition coefficient (Wildman–Crippen LogP) is 2.39. The molecule has 0 spiro atoms. The molecule has 0 bridgehead atoms. The van der Waals surface area contributed by atoms with Crippen molar-refractivity contribution in [2.24, 2.45) is 5.10 Å². The summed E-state index contributed by atoms with van der Waals surface area (Å²) < 4.78 is 51.4. The molecule has 0 radical (unpaired) electrons. The molecule has 0 aliphatic carbocycles. The lowest BCUT2D eigenvalue weighted by atomic mass is 10.2. The number of carbonyl (C=O) groups is 1. The second-order valence-electron chi connectivity index (χ2n) is 5.18. The van der Waals surface area contributed by atoms with Gasteiger partial charge < -0.3 is 0 Å². The van der Waals surface area contributed by atoms with Crippen molar-refractivity contribution in [3.8, 4) is 0 Å². The first kappa shape index (κ1) is 20.0. The van der Waals surface area contributed by atoms with Crippen LogP contribution < -0.4 is 5.43 Å². The Morgan fingerprint density at radius 1 is 1.19 bits per heavy atom. The van der Waals surface area contributed by atoms with Gasteiger partial charge in [0.15, 0.2) is 11.6 Å². The lowest BCUT2D eigenvalue weighted by Gasteiger charge is -2.16. The zero-order chi connectivity index (χ0) is 19.3. The number of carbonyl (C=O) groups excluding carboxylic acids is 1. The van der Waals surface area contributed by atoms with E-state index in [2.05, 4.69) is 10.5 Å². The van der Waals surface area contributed by atoms with E-state index in [9.17, 15) is 22.0 Å². The van der Waals surface area contributed by atoms with Crippen LogP contribution in [0.1, 0.15) is 5.56 Å². The van der Waals surface area contributed by atoms with Crippen LogP contribution in [0.15, 0.2) is 52.5 Å². The maximum atomic E-state index is 13.0. The van der Waals surface area contributed by atoms with E-state index in [4.69, 9.17) is 11.6 Å². The smallest absolute Gasteiger partial charge is 0.255 e. The standard InChI is InChI=1S/C16H14ClF2N3O3S/c1-22(26(24,25)13-5-3-12(17)4-6-13)10-16(23)21-20-9-11-2-7-14(18)15(19)8-11/h2-9H,10H2,1H3,(H,21,23)/b20-9-. The highest BCUT2D eigenvalue weighted by Crippen LogP contribution is 2.17. The first-order valence-electron chi connectivity index (χ1n) is 7.19. The quantitative estimate of drug-likeness (QED) is 0.596. The van der Waals surface area contributed by atoms with Crippen LogP contribution in [0.3, 0.4) is 0 Å². The third-order valence-corrected chi connectivity index (χ3v) is 5.30. The molecule has 0 unspecified atom stereocenters. The Hall–Kier alpha value is -2.36. The molecule has 2 aromatic rings. The minimum Gasteiger partial charge on any atom is -0.272 e. The molecular formula is C16H14ClF2N3O3S. The molecule has 2 aromatic carbocycles.